The van der Waals surface area contributed by atoms with E-state index in [4.69, 9.17) is 0 Å². The van der Waals surface area contributed by atoms with Gasteiger partial charge in [-0.05, 0) is 37.0 Å². The fraction of sp³-hybridized carbons (Fsp3) is 0.818. The van der Waals surface area contributed by atoms with Crippen molar-refractivity contribution in [3.8, 4) is 0 Å². The van der Waals surface area contributed by atoms with Crippen LogP contribution in [0.3, 0.4) is 0 Å². The first-order valence-corrected chi connectivity index (χ1v) is 4.88. The molecule has 0 aromatic heterocycles. The molecular weight excluding hydrogens is 132 g/mol. The lowest BCUT2D eigenvalue weighted by atomic mass is 9.80. The summed E-state index contributed by atoms with van der Waals surface area (Å²) in [4.78, 5) is 0. The van der Waals surface area contributed by atoms with Crippen molar-refractivity contribution < 1.29 is 0 Å². The SMILES string of the molecule is CC(C)[C@@H](C)[C@@H]1C=CCCC1. The molecular formula is C11H20. The first kappa shape index (κ1) is 8.83. The van der Waals surface area contributed by atoms with Gasteiger partial charge in [0.2, 0.25) is 0 Å². The predicted octanol–water partition coefficient (Wildman–Crippen LogP) is 3.63. The van der Waals surface area contributed by atoms with Crippen LogP contribution < -0.4 is 0 Å². The summed E-state index contributed by atoms with van der Waals surface area (Å²) in [5, 5.41) is 0. The molecule has 0 aromatic carbocycles. The van der Waals surface area contributed by atoms with Gasteiger partial charge in [-0.2, -0.15) is 0 Å². The van der Waals surface area contributed by atoms with Crippen LogP contribution in [0, 0.1) is 17.8 Å². The molecule has 0 aromatic rings. The van der Waals surface area contributed by atoms with E-state index in [-0.39, 0.29) is 0 Å². The van der Waals surface area contributed by atoms with E-state index in [9.17, 15) is 0 Å². The lowest BCUT2D eigenvalue weighted by molar-refractivity contribution is 0.299. The molecule has 0 aliphatic heterocycles. The molecule has 0 saturated heterocycles. The summed E-state index contributed by atoms with van der Waals surface area (Å²) in [6.45, 7) is 7.03. The van der Waals surface area contributed by atoms with E-state index in [1.54, 1.807) is 0 Å². The second-order valence-electron chi connectivity index (χ2n) is 4.13. The Bertz CT molecular complexity index is 133. The van der Waals surface area contributed by atoms with Gasteiger partial charge in [-0.1, -0.05) is 32.9 Å². The number of rotatable bonds is 2. The van der Waals surface area contributed by atoms with E-state index >= 15 is 0 Å². The standard InChI is InChI=1S/C11H20/c1-9(2)10(3)11-7-5-4-6-8-11/h5,7,9-11H,4,6,8H2,1-3H3/t10-,11-/m1/s1. The molecule has 64 valence electrons. The van der Waals surface area contributed by atoms with E-state index in [0.29, 0.717) is 0 Å². The van der Waals surface area contributed by atoms with Crippen molar-refractivity contribution in [2.45, 2.75) is 40.0 Å². The second kappa shape index (κ2) is 3.94. The van der Waals surface area contributed by atoms with Gasteiger partial charge in [0.15, 0.2) is 0 Å². The summed E-state index contributed by atoms with van der Waals surface area (Å²) in [6, 6.07) is 0. The second-order valence-corrected chi connectivity index (χ2v) is 4.13. The Morgan fingerprint density at radius 3 is 2.45 bits per heavy atom. The minimum Gasteiger partial charge on any atom is -0.0882 e. The highest BCUT2D eigenvalue weighted by Crippen LogP contribution is 2.28. The summed E-state index contributed by atoms with van der Waals surface area (Å²) in [6.07, 6.45) is 8.90. The maximum absolute atomic E-state index is 2.42. The molecule has 11 heavy (non-hydrogen) atoms. The Morgan fingerprint density at radius 1 is 1.27 bits per heavy atom. The summed E-state index contributed by atoms with van der Waals surface area (Å²) in [7, 11) is 0. The monoisotopic (exact) mass is 152 g/mol. The fourth-order valence-corrected chi connectivity index (χ4v) is 1.77. The van der Waals surface area contributed by atoms with Crippen LogP contribution in [0.1, 0.15) is 40.0 Å². The van der Waals surface area contributed by atoms with E-state index in [0.717, 1.165) is 17.8 Å². The minimum absolute atomic E-state index is 0.836. The third kappa shape index (κ3) is 2.36. The van der Waals surface area contributed by atoms with Crippen molar-refractivity contribution in [2.24, 2.45) is 17.8 Å². The van der Waals surface area contributed by atoms with Gasteiger partial charge in [-0.3, -0.25) is 0 Å². The van der Waals surface area contributed by atoms with Crippen LogP contribution in [-0.2, 0) is 0 Å². The zero-order valence-corrected chi connectivity index (χ0v) is 8.01. The Labute approximate surface area is 70.7 Å². The zero-order valence-electron chi connectivity index (χ0n) is 8.01. The topological polar surface area (TPSA) is 0 Å². The molecule has 0 radical (unpaired) electrons. The van der Waals surface area contributed by atoms with Gasteiger partial charge in [0.25, 0.3) is 0 Å². The average molecular weight is 152 g/mol. The molecule has 0 spiro atoms. The summed E-state index contributed by atoms with van der Waals surface area (Å²) in [5.74, 6) is 2.57. The molecule has 0 nitrogen and oxygen atoms in total. The third-order valence-electron chi connectivity index (χ3n) is 3.02. The van der Waals surface area contributed by atoms with Crippen molar-refractivity contribution in [2.75, 3.05) is 0 Å². The third-order valence-corrected chi connectivity index (χ3v) is 3.02. The van der Waals surface area contributed by atoms with Gasteiger partial charge >= 0.3 is 0 Å². The van der Waals surface area contributed by atoms with Gasteiger partial charge in [0, 0.05) is 0 Å². The molecule has 0 heteroatoms. The molecule has 1 aliphatic carbocycles. The van der Waals surface area contributed by atoms with Gasteiger partial charge < -0.3 is 0 Å². The number of hydrogen-bond donors (Lipinski definition) is 0. The van der Waals surface area contributed by atoms with Gasteiger partial charge in [-0.25, -0.2) is 0 Å². The van der Waals surface area contributed by atoms with Crippen molar-refractivity contribution in [3.63, 3.8) is 0 Å². The predicted molar refractivity (Wildman–Crippen MR) is 50.5 cm³/mol. The Kier molecular flexibility index (Phi) is 3.16. The van der Waals surface area contributed by atoms with E-state index in [1.165, 1.54) is 19.3 Å². The average Bonchev–Trinajstić information content (AvgIpc) is 2.05. The molecule has 0 N–H and O–H groups in total. The van der Waals surface area contributed by atoms with Crippen LogP contribution in [-0.4, -0.2) is 0 Å². The van der Waals surface area contributed by atoms with Crippen molar-refractivity contribution in [3.05, 3.63) is 12.2 Å². The van der Waals surface area contributed by atoms with Gasteiger partial charge in [0.1, 0.15) is 0 Å². The van der Waals surface area contributed by atoms with Crippen molar-refractivity contribution in [1.29, 1.82) is 0 Å². The Hall–Kier alpha value is -0.260. The largest absolute Gasteiger partial charge is 0.0882 e. The molecule has 0 bridgehead atoms. The summed E-state index contributed by atoms with van der Waals surface area (Å²) in [5.41, 5.74) is 0. The highest BCUT2D eigenvalue weighted by atomic mass is 14.2. The normalized spacial score (nSPS) is 27.5. The zero-order chi connectivity index (χ0) is 8.27. The van der Waals surface area contributed by atoms with Crippen LogP contribution in [0.25, 0.3) is 0 Å². The van der Waals surface area contributed by atoms with Crippen molar-refractivity contribution in [1.82, 2.24) is 0 Å². The van der Waals surface area contributed by atoms with Crippen LogP contribution in [0.5, 0.6) is 0 Å². The summed E-state index contributed by atoms with van der Waals surface area (Å²) >= 11 is 0. The minimum atomic E-state index is 0.836. The van der Waals surface area contributed by atoms with Crippen LogP contribution >= 0.6 is 0 Å². The van der Waals surface area contributed by atoms with E-state index in [2.05, 4.69) is 32.9 Å². The van der Waals surface area contributed by atoms with E-state index in [1.807, 2.05) is 0 Å². The first-order chi connectivity index (χ1) is 5.22. The maximum atomic E-state index is 2.42. The molecule has 1 aliphatic rings. The Morgan fingerprint density at radius 2 is 2.00 bits per heavy atom. The van der Waals surface area contributed by atoms with Crippen molar-refractivity contribution >= 4 is 0 Å². The number of allylic oxidation sites excluding steroid dienone is 2. The molecule has 2 atom stereocenters. The first-order valence-electron chi connectivity index (χ1n) is 4.88. The molecule has 0 saturated carbocycles. The molecule has 0 unspecified atom stereocenters. The molecule has 1 rings (SSSR count). The van der Waals surface area contributed by atoms with Crippen LogP contribution in [0.4, 0.5) is 0 Å². The Balaban J connectivity index is 2.45. The van der Waals surface area contributed by atoms with Gasteiger partial charge in [-0.15, -0.1) is 0 Å². The number of hydrogen-bond acceptors (Lipinski definition) is 0. The van der Waals surface area contributed by atoms with Gasteiger partial charge in [0.05, 0.1) is 0 Å². The molecule has 0 amide bonds. The van der Waals surface area contributed by atoms with Crippen LogP contribution in [0.2, 0.25) is 0 Å². The highest BCUT2D eigenvalue weighted by molar-refractivity contribution is 4.95. The molecule has 0 fully saturated rings. The lowest BCUT2D eigenvalue weighted by Crippen LogP contribution is -2.16. The fourth-order valence-electron chi connectivity index (χ4n) is 1.77. The quantitative estimate of drug-likeness (QED) is 0.530. The lowest BCUT2D eigenvalue weighted by Gasteiger charge is -2.26. The maximum Gasteiger partial charge on any atom is -0.0205 e. The molecule has 0 heterocycles. The van der Waals surface area contributed by atoms with E-state index < -0.39 is 0 Å². The highest BCUT2D eigenvalue weighted by Gasteiger charge is 2.18. The smallest absolute Gasteiger partial charge is 0.0205 e. The van der Waals surface area contributed by atoms with Crippen LogP contribution in [0.15, 0.2) is 12.2 Å². The summed E-state index contributed by atoms with van der Waals surface area (Å²) < 4.78 is 0.